The van der Waals surface area contributed by atoms with E-state index < -0.39 is 10.0 Å². The molecule has 0 fully saturated rings. The Hall–Kier alpha value is -1.48. The van der Waals surface area contributed by atoms with Crippen LogP contribution < -0.4 is 10.0 Å². The predicted molar refractivity (Wildman–Crippen MR) is 92.2 cm³/mol. The zero-order valence-electron chi connectivity index (χ0n) is 14.4. The SMILES string of the molecule is CCOC(CCCNS(=O)(=O)c1ccc(NC(C)=O)cc1)OCC. The van der Waals surface area contributed by atoms with Crippen molar-refractivity contribution in [3.8, 4) is 0 Å². The number of hydrogen-bond donors (Lipinski definition) is 2. The van der Waals surface area contributed by atoms with E-state index in [1.165, 1.54) is 19.1 Å². The molecule has 0 aliphatic carbocycles. The Balaban J connectivity index is 2.49. The molecule has 1 rings (SSSR count). The second-order valence-corrected chi connectivity index (χ2v) is 6.85. The fourth-order valence-electron chi connectivity index (χ4n) is 2.07. The van der Waals surface area contributed by atoms with Crippen molar-refractivity contribution in [3.63, 3.8) is 0 Å². The van der Waals surface area contributed by atoms with Crippen LogP contribution in [0.4, 0.5) is 5.69 Å². The van der Waals surface area contributed by atoms with Gasteiger partial charge in [0, 0.05) is 32.4 Å². The lowest BCUT2D eigenvalue weighted by atomic mass is 10.3. The molecule has 7 nitrogen and oxygen atoms in total. The molecule has 8 heteroatoms. The number of carbonyl (C=O) groups excluding carboxylic acids is 1. The van der Waals surface area contributed by atoms with Crippen LogP contribution >= 0.6 is 0 Å². The molecule has 0 saturated heterocycles. The molecule has 24 heavy (non-hydrogen) atoms. The Bertz CT molecular complexity index is 595. The molecular weight excluding hydrogens is 332 g/mol. The Morgan fingerprint density at radius 2 is 1.71 bits per heavy atom. The summed E-state index contributed by atoms with van der Waals surface area (Å²) in [6.07, 6.45) is 0.918. The van der Waals surface area contributed by atoms with E-state index >= 15 is 0 Å². The van der Waals surface area contributed by atoms with Crippen molar-refractivity contribution in [2.24, 2.45) is 0 Å². The average Bonchev–Trinajstić information content (AvgIpc) is 2.52. The van der Waals surface area contributed by atoms with E-state index in [9.17, 15) is 13.2 Å². The van der Waals surface area contributed by atoms with Crippen molar-refractivity contribution < 1.29 is 22.7 Å². The van der Waals surface area contributed by atoms with Gasteiger partial charge in [-0.15, -0.1) is 0 Å². The van der Waals surface area contributed by atoms with Gasteiger partial charge in [0.15, 0.2) is 6.29 Å². The van der Waals surface area contributed by atoms with E-state index in [1.807, 2.05) is 13.8 Å². The van der Waals surface area contributed by atoms with Crippen LogP contribution in [0, 0.1) is 0 Å². The highest BCUT2D eigenvalue weighted by molar-refractivity contribution is 7.89. The maximum absolute atomic E-state index is 12.2. The summed E-state index contributed by atoms with van der Waals surface area (Å²) in [7, 11) is -3.57. The summed E-state index contributed by atoms with van der Waals surface area (Å²) in [5.41, 5.74) is 0.553. The van der Waals surface area contributed by atoms with E-state index in [-0.39, 0.29) is 17.1 Å². The topological polar surface area (TPSA) is 93.7 Å². The third kappa shape index (κ3) is 7.39. The standard InChI is InChI=1S/C16H26N2O5S/c1-4-22-16(23-5-2)7-6-12-17-24(20,21)15-10-8-14(9-11-15)18-13(3)19/h8-11,16-17H,4-7,12H2,1-3H3,(H,18,19). The van der Waals surface area contributed by atoms with Gasteiger partial charge in [0.1, 0.15) is 0 Å². The van der Waals surface area contributed by atoms with Gasteiger partial charge < -0.3 is 14.8 Å². The molecule has 0 unspecified atom stereocenters. The summed E-state index contributed by atoms with van der Waals surface area (Å²) in [5, 5.41) is 2.59. The molecule has 1 aromatic carbocycles. The van der Waals surface area contributed by atoms with Gasteiger partial charge in [0.25, 0.3) is 0 Å². The van der Waals surface area contributed by atoms with Gasteiger partial charge in [-0.1, -0.05) is 0 Å². The lowest BCUT2D eigenvalue weighted by Gasteiger charge is -2.16. The number of ether oxygens (including phenoxy) is 2. The van der Waals surface area contributed by atoms with E-state index in [0.29, 0.717) is 38.3 Å². The number of rotatable bonds is 11. The first-order valence-electron chi connectivity index (χ1n) is 7.99. The minimum absolute atomic E-state index is 0.155. The first-order valence-corrected chi connectivity index (χ1v) is 9.48. The number of carbonyl (C=O) groups is 1. The van der Waals surface area contributed by atoms with Crippen LogP contribution in [0.25, 0.3) is 0 Å². The normalized spacial score (nSPS) is 11.7. The third-order valence-electron chi connectivity index (χ3n) is 3.10. The van der Waals surface area contributed by atoms with Crippen LogP contribution in [0.5, 0.6) is 0 Å². The molecule has 0 aliphatic heterocycles. The average molecular weight is 358 g/mol. The Morgan fingerprint density at radius 3 is 2.21 bits per heavy atom. The molecule has 0 spiro atoms. The summed E-state index contributed by atoms with van der Waals surface area (Å²) >= 11 is 0. The van der Waals surface area contributed by atoms with Crippen LogP contribution in [0.15, 0.2) is 29.2 Å². The maximum Gasteiger partial charge on any atom is 0.240 e. The van der Waals surface area contributed by atoms with Crippen molar-refractivity contribution in [2.45, 2.75) is 44.8 Å². The highest BCUT2D eigenvalue weighted by Gasteiger charge is 2.14. The summed E-state index contributed by atoms with van der Waals surface area (Å²) in [6, 6.07) is 6.01. The highest BCUT2D eigenvalue weighted by Crippen LogP contribution is 2.14. The number of benzene rings is 1. The highest BCUT2D eigenvalue weighted by atomic mass is 32.2. The summed E-state index contributed by atoms with van der Waals surface area (Å²) in [6.45, 7) is 6.57. The predicted octanol–water partition coefficient (Wildman–Crippen LogP) is 2.10. The van der Waals surface area contributed by atoms with Gasteiger partial charge in [-0.3, -0.25) is 4.79 Å². The molecule has 0 atom stereocenters. The molecule has 0 heterocycles. The van der Waals surface area contributed by atoms with Crippen molar-refractivity contribution in [1.82, 2.24) is 4.72 Å². The van der Waals surface area contributed by atoms with Gasteiger partial charge in [-0.2, -0.15) is 0 Å². The Labute approximate surface area is 143 Å². The molecule has 1 aromatic rings. The maximum atomic E-state index is 12.2. The van der Waals surface area contributed by atoms with E-state index in [1.54, 1.807) is 12.1 Å². The molecule has 0 saturated carbocycles. The van der Waals surface area contributed by atoms with Crippen molar-refractivity contribution in [1.29, 1.82) is 0 Å². The van der Waals surface area contributed by atoms with Gasteiger partial charge in [0.05, 0.1) is 4.90 Å². The first kappa shape index (κ1) is 20.6. The zero-order chi connectivity index (χ0) is 18.0. The lowest BCUT2D eigenvalue weighted by molar-refractivity contribution is -0.139. The minimum Gasteiger partial charge on any atom is -0.353 e. The second kappa shape index (κ2) is 10.4. The van der Waals surface area contributed by atoms with Crippen molar-refractivity contribution in [3.05, 3.63) is 24.3 Å². The number of nitrogens with one attached hydrogen (secondary N) is 2. The monoisotopic (exact) mass is 358 g/mol. The Morgan fingerprint density at radius 1 is 1.12 bits per heavy atom. The van der Waals surface area contributed by atoms with Gasteiger partial charge in [-0.05, 0) is 51.0 Å². The van der Waals surface area contributed by atoms with Crippen molar-refractivity contribution >= 4 is 21.6 Å². The summed E-state index contributed by atoms with van der Waals surface area (Å²) < 4.78 is 37.8. The summed E-state index contributed by atoms with van der Waals surface area (Å²) in [4.78, 5) is 11.1. The number of anilines is 1. The van der Waals surface area contributed by atoms with Crippen LogP contribution in [0.1, 0.15) is 33.6 Å². The molecule has 1 amide bonds. The molecule has 2 N–H and O–H groups in total. The van der Waals surface area contributed by atoms with Crippen LogP contribution in [0.2, 0.25) is 0 Å². The fourth-order valence-corrected chi connectivity index (χ4v) is 3.14. The fraction of sp³-hybridized carbons (Fsp3) is 0.562. The van der Waals surface area contributed by atoms with Crippen LogP contribution in [-0.4, -0.2) is 40.4 Å². The van der Waals surface area contributed by atoms with E-state index in [4.69, 9.17) is 9.47 Å². The Kier molecular flexibility index (Phi) is 8.91. The molecule has 0 aromatic heterocycles. The van der Waals surface area contributed by atoms with E-state index in [2.05, 4.69) is 10.0 Å². The molecular formula is C16H26N2O5S. The van der Waals surface area contributed by atoms with Crippen molar-refractivity contribution in [2.75, 3.05) is 25.1 Å². The van der Waals surface area contributed by atoms with Gasteiger partial charge in [-0.25, -0.2) is 13.1 Å². The van der Waals surface area contributed by atoms with Gasteiger partial charge in [0.2, 0.25) is 15.9 Å². The lowest BCUT2D eigenvalue weighted by Crippen LogP contribution is -2.26. The van der Waals surface area contributed by atoms with Crippen LogP contribution in [0.3, 0.4) is 0 Å². The number of amides is 1. The summed E-state index contributed by atoms with van der Waals surface area (Å²) in [5.74, 6) is -0.207. The minimum atomic E-state index is -3.57. The van der Waals surface area contributed by atoms with E-state index in [0.717, 1.165) is 0 Å². The second-order valence-electron chi connectivity index (χ2n) is 5.09. The smallest absolute Gasteiger partial charge is 0.240 e. The molecule has 0 radical (unpaired) electrons. The quantitative estimate of drug-likeness (QED) is 0.467. The molecule has 136 valence electrons. The first-order chi connectivity index (χ1) is 11.4. The van der Waals surface area contributed by atoms with Gasteiger partial charge >= 0.3 is 0 Å². The zero-order valence-corrected chi connectivity index (χ0v) is 15.2. The molecule has 0 bridgehead atoms. The molecule has 0 aliphatic rings. The largest absolute Gasteiger partial charge is 0.353 e. The van der Waals surface area contributed by atoms with Crippen LogP contribution in [-0.2, 0) is 24.3 Å². The third-order valence-corrected chi connectivity index (χ3v) is 4.58. The number of sulfonamides is 1. The number of hydrogen-bond acceptors (Lipinski definition) is 5.